The predicted octanol–water partition coefficient (Wildman–Crippen LogP) is 5.04. The van der Waals surface area contributed by atoms with Crippen LogP contribution in [-0.2, 0) is 4.74 Å². The fourth-order valence-electron chi connectivity index (χ4n) is 3.66. The lowest BCUT2D eigenvalue weighted by Crippen LogP contribution is -2.25. The smallest absolute Gasteiger partial charge is 0.127 e. The van der Waals surface area contributed by atoms with Crippen molar-refractivity contribution in [3.63, 3.8) is 0 Å². The first-order chi connectivity index (χ1) is 12.2. The molecule has 0 N–H and O–H groups in total. The van der Waals surface area contributed by atoms with Gasteiger partial charge in [0.25, 0.3) is 0 Å². The average Bonchev–Trinajstić information content (AvgIpc) is 2.98. The molecule has 3 heteroatoms. The summed E-state index contributed by atoms with van der Waals surface area (Å²) in [6.45, 7) is 8.13. The molecule has 3 atom stereocenters. The highest BCUT2D eigenvalue weighted by Gasteiger charge is 2.27. The number of allylic oxidation sites excluding steroid dienone is 5. The summed E-state index contributed by atoms with van der Waals surface area (Å²) in [4.78, 5) is 4.70. The van der Waals surface area contributed by atoms with Crippen LogP contribution in [0.1, 0.15) is 18.8 Å². The van der Waals surface area contributed by atoms with E-state index in [2.05, 4.69) is 59.7 Å². The van der Waals surface area contributed by atoms with Gasteiger partial charge in [-0.25, -0.2) is 4.98 Å². The van der Waals surface area contributed by atoms with Crippen LogP contribution >= 0.6 is 0 Å². The largest absolute Gasteiger partial charge is 0.486 e. The molecule has 0 radical (unpaired) electrons. The van der Waals surface area contributed by atoms with Gasteiger partial charge in [-0.15, -0.1) is 6.58 Å². The lowest BCUT2D eigenvalue weighted by Gasteiger charge is -2.30. The van der Waals surface area contributed by atoms with Gasteiger partial charge in [-0.3, -0.25) is 0 Å². The van der Waals surface area contributed by atoms with Gasteiger partial charge in [0, 0.05) is 5.92 Å². The number of hydrogen-bond donors (Lipinski definition) is 0. The first-order valence-corrected chi connectivity index (χ1v) is 8.68. The van der Waals surface area contributed by atoms with Gasteiger partial charge < -0.3 is 9.30 Å². The molecular weight excluding hydrogens is 308 g/mol. The van der Waals surface area contributed by atoms with E-state index in [-0.39, 0.29) is 18.1 Å². The molecule has 2 aromatic rings. The maximum Gasteiger partial charge on any atom is 0.127 e. The van der Waals surface area contributed by atoms with E-state index >= 15 is 0 Å². The number of nitrogens with zero attached hydrogens (tertiary/aromatic N) is 2. The number of rotatable bonds is 3. The second-order valence-corrected chi connectivity index (χ2v) is 6.43. The predicted molar refractivity (Wildman–Crippen MR) is 102 cm³/mol. The lowest BCUT2D eigenvalue weighted by molar-refractivity contribution is 0.132. The van der Waals surface area contributed by atoms with E-state index in [0.717, 1.165) is 22.6 Å². The molecule has 1 aliphatic carbocycles. The van der Waals surface area contributed by atoms with Crippen LogP contribution in [0.3, 0.4) is 0 Å². The monoisotopic (exact) mass is 330 g/mol. The van der Waals surface area contributed by atoms with Crippen molar-refractivity contribution in [2.24, 2.45) is 5.92 Å². The number of imidazole rings is 1. The van der Waals surface area contributed by atoms with E-state index in [1.807, 2.05) is 32.1 Å². The number of para-hydroxylation sites is 2. The molecule has 1 aromatic heterocycles. The quantitative estimate of drug-likeness (QED) is 0.737. The normalized spacial score (nSPS) is 24.7. The highest BCUT2D eigenvalue weighted by atomic mass is 16.5. The summed E-state index contributed by atoms with van der Waals surface area (Å²) in [6, 6.07) is 8.30. The van der Waals surface area contributed by atoms with Gasteiger partial charge in [0.15, 0.2) is 0 Å². The summed E-state index contributed by atoms with van der Waals surface area (Å²) in [7, 11) is 0. The number of hydrogen-bond acceptors (Lipinski definition) is 2. The lowest BCUT2D eigenvalue weighted by atomic mass is 9.88. The van der Waals surface area contributed by atoms with Crippen molar-refractivity contribution in [3.05, 3.63) is 90.5 Å². The molecule has 0 spiro atoms. The van der Waals surface area contributed by atoms with Crippen LogP contribution in [0.4, 0.5) is 0 Å². The number of fused-ring (bicyclic) bond motifs is 2. The van der Waals surface area contributed by atoms with E-state index < -0.39 is 0 Å². The van der Waals surface area contributed by atoms with Crippen molar-refractivity contribution in [2.75, 3.05) is 0 Å². The van der Waals surface area contributed by atoms with Crippen LogP contribution in [0.25, 0.3) is 11.0 Å². The fourth-order valence-corrected chi connectivity index (χ4v) is 3.66. The Balaban J connectivity index is 1.75. The van der Waals surface area contributed by atoms with Crippen LogP contribution < -0.4 is 0 Å². The summed E-state index contributed by atoms with van der Waals surface area (Å²) >= 11 is 0. The molecule has 2 heterocycles. The van der Waals surface area contributed by atoms with E-state index in [1.54, 1.807) is 0 Å². The molecule has 0 amide bonds. The molecule has 2 aliphatic rings. The maximum atomic E-state index is 5.98. The molecule has 25 heavy (non-hydrogen) atoms. The summed E-state index contributed by atoms with van der Waals surface area (Å²) in [5.41, 5.74) is 3.37. The van der Waals surface area contributed by atoms with Crippen LogP contribution in [0, 0.1) is 12.8 Å². The third kappa shape index (κ3) is 2.66. The summed E-state index contributed by atoms with van der Waals surface area (Å²) < 4.78 is 8.24. The van der Waals surface area contributed by atoms with Crippen molar-refractivity contribution in [1.29, 1.82) is 0 Å². The fraction of sp³-hybridized carbons (Fsp3) is 0.227. The SMILES string of the molecule is C=CC(C1=CC2C=C/C(=C\C)OC2C=C1)n1c(C)nc2ccccc21. The van der Waals surface area contributed by atoms with Crippen LogP contribution in [0.5, 0.6) is 0 Å². The molecule has 3 nitrogen and oxygen atoms in total. The average molecular weight is 330 g/mol. The van der Waals surface area contributed by atoms with Gasteiger partial charge in [0.05, 0.1) is 17.1 Å². The van der Waals surface area contributed by atoms with Gasteiger partial charge in [0.1, 0.15) is 17.7 Å². The van der Waals surface area contributed by atoms with Crippen molar-refractivity contribution < 1.29 is 4.74 Å². The topological polar surface area (TPSA) is 27.1 Å². The van der Waals surface area contributed by atoms with Gasteiger partial charge in [-0.05, 0) is 49.8 Å². The Kier molecular flexibility index (Phi) is 3.92. The molecule has 0 saturated heterocycles. The van der Waals surface area contributed by atoms with Crippen LogP contribution in [0.15, 0.2) is 84.7 Å². The zero-order chi connectivity index (χ0) is 17.4. The Hall–Kier alpha value is -2.81. The Morgan fingerprint density at radius 1 is 1.24 bits per heavy atom. The molecular formula is C22H22N2O. The Morgan fingerprint density at radius 2 is 2.08 bits per heavy atom. The highest BCUT2D eigenvalue weighted by Crippen LogP contribution is 2.34. The number of benzene rings is 1. The van der Waals surface area contributed by atoms with Gasteiger partial charge >= 0.3 is 0 Å². The van der Waals surface area contributed by atoms with E-state index in [0.29, 0.717) is 0 Å². The Bertz CT molecular complexity index is 942. The van der Waals surface area contributed by atoms with Crippen LogP contribution in [-0.4, -0.2) is 15.7 Å². The Morgan fingerprint density at radius 3 is 2.88 bits per heavy atom. The Labute approximate surface area is 148 Å². The van der Waals surface area contributed by atoms with Gasteiger partial charge in [-0.2, -0.15) is 0 Å². The van der Waals surface area contributed by atoms with E-state index in [4.69, 9.17) is 9.72 Å². The first kappa shape index (κ1) is 15.7. The third-order valence-corrected chi connectivity index (χ3v) is 4.90. The molecule has 3 unspecified atom stereocenters. The van der Waals surface area contributed by atoms with Crippen molar-refractivity contribution in [1.82, 2.24) is 9.55 Å². The number of aryl methyl sites for hydroxylation is 1. The molecule has 0 fully saturated rings. The summed E-state index contributed by atoms with van der Waals surface area (Å²) in [5, 5.41) is 0. The van der Waals surface area contributed by atoms with Crippen molar-refractivity contribution >= 4 is 11.0 Å². The summed E-state index contributed by atoms with van der Waals surface area (Å²) in [6.07, 6.45) is 14.9. The second kappa shape index (κ2) is 6.25. The minimum absolute atomic E-state index is 0.0566. The minimum Gasteiger partial charge on any atom is -0.486 e. The van der Waals surface area contributed by atoms with E-state index in [1.165, 1.54) is 5.57 Å². The standard InChI is InChI=1S/C22H22N2O/c1-4-18-12-10-17-14-16(11-13-22(17)25-18)20(5-2)24-15(3)23-19-8-6-7-9-21(19)24/h4-14,17,20,22H,2H2,1,3H3/b18-4+. The zero-order valence-electron chi connectivity index (χ0n) is 14.6. The molecule has 1 aromatic carbocycles. The van der Waals surface area contributed by atoms with Crippen molar-refractivity contribution in [2.45, 2.75) is 26.0 Å². The third-order valence-electron chi connectivity index (χ3n) is 4.90. The molecule has 4 rings (SSSR count). The second-order valence-electron chi connectivity index (χ2n) is 6.43. The van der Waals surface area contributed by atoms with Gasteiger partial charge in [0.2, 0.25) is 0 Å². The van der Waals surface area contributed by atoms with Crippen LogP contribution in [0.2, 0.25) is 0 Å². The molecule has 1 aliphatic heterocycles. The van der Waals surface area contributed by atoms with Crippen molar-refractivity contribution in [3.8, 4) is 0 Å². The first-order valence-electron chi connectivity index (χ1n) is 8.68. The van der Waals surface area contributed by atoms with Gasteiger partial charge in [-0.1, -0.05) is 36.4 Å². The number of aromatic nitrogens is 2. The zero-order valence-corrected chi connectivity index (χ0v) is 14.6. The molecule has 0 bridgehead atoms. The highest BCUT2D eigenvalue weighted by molar-refractivity contribution is 5.76. The van der Waals surface area contributed by atoms with E-state index in [9.17, 15) is 0 Å². The number of ether oxygens (including phenoxy) is 1. The summed E-state index contributed by atoms with van der Waals surface area (Å²) in [5.74, 6) is 2.18. The minimum atomic E-state index is 0.0566. The molecule has 0 saturated carbocycles. The maximum absolute atomic E-state index is 5.98. The molecule has 126 valence electrons.